The molecule has 2 aromatic carbocycles. The molecule has 18 heteroatoms. The van der Waals surface area contributed by atoms with Crippen LogP contribution >= 0.6 is 0 Å². The number of methoxy groups -OCH3 is 3. The van der Waals surface area contributed by atoms with E-state index in [-0.39, 0.29) is 84.6 Å². The SMILES string of the molecule is CC[C@H](C)[C@@H]([C@@H](CC(=O)N1CCC[C@H]1[C@H](OC)[C@@H](C)C(=O)N[C@@H](Cc1ccccc1)C(=O)OC)OC)N(C)C(=O)[C@@H](CC(=O)[C@H](C(C)C)N(C)CCc1ccc(CC(=O)[C@H](CCCNC(N)=O)NC(=O)[C@@H](C)C(C)C)cc1)C(C)C. The third-order valence-electron chi connectivity index (χ3n) is 16.6. The highest BCUT2D eigenvalue weighted by atomic mass is 16.5. The molecule has 448 valence electrons. The number of hydrogen-bond donors (Lipinski definition) is 4. The Morgan fingerprint density at radius 3 is 1.89 bits per heavy atom. The summed E-state index contributed by atoms with van der Waals surface area (Å²) in [6.45, 7) is 20.8. The molecule has 0 unspecified atom stereocenters. The first-order valence-corrected chi connectivity index (χ1v) is 29.0. The van der Waals surface area contributed by atoms with Crippen LogP contribution in [0, 0.1) is 41.4 Å². The number of benzene rings is 2. The van der Waals surface area contributed by atoms with Crippen molar-refractivity contribution in [1.29, 1.82) is 0 Å². The number of hydrogen-bond acceptors (Lipinski definition) is 12. The molecular formula is C62H99N7O11. The smallest absolute Gasteiger partial charge is 0.328 e. The number of amides is 6. The third-order valence-corrected chi connectivity index (χ3v) is 16.6. The number of nitrogens with zero attached hydrogens (tertiary/aromatic N) is 3. The molecule has 2 aromatic rings. The normalized spacial score (nSPS) is 17.4. The number of primary amides is 1. The van der Waals surface area contributed by atoms with Crippen LogP contribution in [0.4, 0.5) is 4.79 Å². The van der Waals surface area contributed by atoms with Gasteiger partial charge in [0.1, 0.15) is 6.04 Å². The van der Waals surface area contributed by atoms with Crippen molar-refractivity contribution < 1.29 is 52.6 Å². The second kappa shape index (κ2) is 33.9. The number of likely N-dealkylation sites (tertiary alicyclic amines) is 1. The van der Waals surface area contributed by atoms with Crippen LogP contribution in [0.15, 0.2) is 54.6 Å². The number of carbonyl (C=O) groups excluding carboxylic acids is 8. The molecule has 1 heterocycles. The number of ketones is 2. The first-order valence-electron chi connectivity index (χ1n) is 29.0. The Balaban J connectivity index is 1.72. The largest absolute Gasteiger partial charge is 0.467 e. The molecule has 5 N–H and O–H groups in total. The van der Waals surface area contributed by atoms with Gasteiger partial charge in [-0.15, -0.1) is 0 Å². The van der Waals surface area contributed by atoms with Crippen LogP contribution in [0.3, 0.4) is 0 Å². The van der Waals surface area contributed by atoms with E-state index in [4.69, 9.17) is 19.9 Å². The number of rotatable bonds is 35. The fourth-order valence-corrected chi connectivity index (χ4v) is 11.2. The lowest BCUT2D eigenvalue weighted by molar-refractivity contribution is -0.150. The minimum atomic E-state index is -0.919. The zero-order chi connectivity index (χ0) is 60.0. The maximum Gasteiger partial charge on any atom is 0.328 e. The lowest BCUT2D eigenvalue weighted by Crippen LogP contribution is -2.55. The molecule has 80 heavy (non-hydrogen) atoms. The van der Waals surface area contributed by atoms with Gasteiger partial charge < -0.3 is 45.7 Å². The minimum absolute atomic E-state index is 0.0263. The van der Waals surface area contributed by atoms with Gasteiger partial charge in [0.25, 0.3) is 0 Å². The Bertz CT molecular complexity index is 2300. The highest BCUT2D eigenvalue weighted by Gasteiger charge is 2.44. The van der Waals surface area contributed by atoms with Crippen LogP contribution in [-0.4, -0.2) is 159 Å². The van der Waals surface area contributed by atoms with Crippen LogP contribution in [0.2, 0.25) is 0 Å². The molecule has 0 aromatic heterocycles. The Morgan fingerprint density at radius 1 is 0.725 bits per heavy atom. The zero-order valence-electron chi connectivity index (χ0n) is 50.9. The number of carbonyl (C=O) groups is 8. The summed E-state index contributed by atoms with van der Waals surface area (Å²) >= 11 is 0. The van der Waals surface area contributed by atoms with Gasteiger partial charge >= 0.3 is 12.0 Å². The number of nitrogens with two attached hydrogens (primary N) is 1. The molecule has 3 rings (SSSR count). The molecule has 0 saturated carbocycles. The van der Waals surface area contributed by atoms with Crippen molar-refractivity contribution in [3.8, 4) is 0 Å². The lowest BCUT2D eigenvalue weighted by atomic mass is 9.83. The molecule has 11 atom stereocenters. The Labute approximate surface area is 478 Å². The van der Waals surface area contributed by atoms with Gasteiger partial charge in [-0.2, -0.15) is 0 Å². The molecule has 1 saturated heterocycles. The number of likely N-dealkylation sites (N-methyl/N-ethyl adjacent to an activating group) is 2. The summed E-state index contributed by atoms with van der Waals surface area (Å²) in [6, 6.07) is 13.5. The predicted molar refractivity (Wildman–Crippen MR) is 311 cm³/mol. The summed E-state index contributed by atoms with van der Waals surface area (Å²) < 4.78 is 17.2. The molecule has 0 radical (unpaired) electrons. The van der Waals surface area contributed by atoms with E-state index < -0.39 is 72.2 Å². The van der Waals surface area contributed by atoms with Gasteiger partial charge in [-0.25, -0.2) is 9.59 Å². The van der Waals surface area contributed by atoms with E-state index in [2.05, 4.69) is 20.9 Å². The number of ether oxygens (including phenoxy) is 3. The Morgan fingerprint density at radius 2 is 1.34 bits per heavy atom. The van der Waals surface area contributed by atoms with E-state index in [0.29, 0.717) is 58.2 Å². The van der Waals surface area contributed by atoms with E-state index in [1.54, 1.807) is 30.9 Å². The Kier molecular flexibility index (Phi) is 29.0. The van der Waals surface area contributed by atoms with Crippen molar-refractivity contribution in [3.63, 3.8) is 0 Å². The van der Waals surface area contributed by atoms with E-state index >= 15 is 0 Å². The summed E-state index contributed by atoms with van der Waals surface area (Å²) in [4.78, 5) is 114. The monoisotopic (exact) mass is 1120 g/mol. The highest BCUT2D eigenvalue weighted by Crippen LogP contribution is 2.31. The van der Waals surface area contributed by atoms with Crippen molar-refractivity contribution in [1.82, 2.24) is 30.7 Å². The van der Waals surface area contributed by atoms with Gasteiger partial charge in [-0.1, -0.05) is 130 Å². The fourth-order valence-electron chi connectivity index (χ4n) is 11.2. The van der Waals surface area contributed by atoms with Crippen molar-refractivity contribution >= 4 is 47.2 Å². The maximum absolute atomic E-state index is 14.9. The van der Waals surface area contributed by atoms with Crippen LogP contribution in [0.5, 0.6) is 0 Å². The summed E-state index contributed by atoms with van der Waals surface area (Å²) in [5.74, 6) is -3.54. The Hall–Kier alpha value is -5.72. The van der Waals surface area contributed by atoms with Crippen LogP contribution in [0.1, 0.15) is 131 Å². The highest BCUT2D eigenvalue weighted by molar-refractivity contribution is 5.92. The van der Waals surface area contributed by atoms with Crippen LogP contribution < -0.4 is 21.7 Å². The molecule has 18 nitrogen and oxygen atoms in total. The molecule has 0 bridgehead atoms. The molecule has 1 aliphatic rings. The maximum atomic E-state index is 14.9. The second-order valence-electron chi connectivity index (χ2n) is 23.3. The van der Waals surface area contributed by atoms with Crippen molar-refractivity contribution in [2.75, 3.05) is 55.1 Å². The van der Waals surface area contributed by atoms with Gasteiger partial charge in [0.2, 0.25) is 23.6 Å². The van der Waals surface area contributed by atoms with Gasteiger partial charge in [-0.05, 0) is 79.5 Å². The average molecular weight is 1120 g/mol. The summed E-state index contributed by atoms with van der Waals surface area (Å²) in [5.41, 5.74) is 7.90. The second-order valence-corrected chi connectivity index (χ2v) is 23.3. The van der Waals surface area contributed by atoms with Gasteiger partial charge in [0.05, 0.1) is 55.8 Å². The average Bonchev–Trinajstić information content (AvgIpc) is 3.97. The molecule has 1 fully saturated rings. The molecule has 6 amide bonds. The van der Waals surface area contributed by atoms with Crippen LogP contribution in [0.25, 0.3) is 0 Å². The molecule has 0 spiro atoms. The number of esters is 1. The van der Waals surface area contributed by atoms with Gasteiger partial charge in [0.15, 0.2) is 11.6 Å². The first-order chi connectivity index (χ1) is 37.8. The van der Waals surface area contributed by atoms with Crippen molar-refractivity contribution in [2.45, 2.75) is 176 Å². The first kappa shape index (κ1) is 68.6. The summed E-state index contributed by atoms with van der Waals surface area (Å²) in [7, 11) is 8.04. The topological polar surface area (TPSA) is 236 Å². The van der Waals surface area contributed by atoms with Crippen LogP contribution in [-0.2, 0) is 67.0 Å². The molecular weight excluding hydrogens is 1020 g/mol. The molecule has 1 aliphatic heterocycles. The standard InChI is InChI=1S/C62H99N7O11/c1-16-41(8)56(53(78-13)37-54(72)69-32-21-25-50(69)57(79-14)43(10)59(74)66-49(61(76)80-15)34-45-22-18-17-19-23-45)68(12)60(75)47(39(4)5)36-52(71)55(40(6)7)67(11)33-30-44-26-28-46(29-27-44)35-51(70)48(24-20-31-64-62(63)77)65-58(73)42(9)38(2)3/h17-19,22-23,26-29,38-43,47-50,53,55-57H,16,20-21,24-25,30-37H2,1-15H3,(H,65,73)(H,66,74)(H3,63,64,77)/t41-,42-,43+,47-,48-,49-,50-,53+,55-,56-,57+/m0/s1. The fraction of sp³-hybridized carbons (Fsp3) is 0.677. The summed E-state index contributed by atoms with van der Waals surface area (Å²) in [6.07, 6.45) is 2.46. The zero-order valence-corrected chi connectivity index (χ0v) is 50.9. The lowest BCUT2D eigenvalue weighted by Gasteiger charge is -2.41. The quantitative estimate of drug-likeness (QED) is 0.0424. The molecule has 0 aliphatic carbocycles. The predicted octanol–water partition coefficient (Wildman–Crippen LogP) is 6.57. The van der Waals surface area contributed by atoms with Crippen molar-refractivity contribution in [3.05, 3.63) is 71.3 Å². The third kappa shape index (κ3) is 20.4. The minimum Gasteiger partial charge on any atom is -0.467 e. The van der Waals surface area contributed by atoms with E-state index in [1.165, 1.54) is 14.2 Å². The number of urea groups is 1. The van der Waals surface area contributed by atoms with Gasteiger partial charge in [0, 0.05) is 72.0 Å². The van der Waals surface area contributed by atoms with Gasteiger partial charge in [-0.3, -0.25) is 33.7 Å². The van der Waals surface area contributed by atoms with E-state index in [9.17, 15) is 38.4 Å². The van der Waals surface area contributed by atoms with Crippen molar-refractivity contribution in [2.24, 2.45) is 47.2 Å². The summed E-state index contributed by atoms with van der Waals surface area (Å²) in [5, 5.41) is 8.35. The number of Topliss-reactive ketones (excluding diaryl/α,β-unsaturated/α-hetero) is 2. The van der Waals surface area contributed by atoms with E-state index in [1.807, 2.05) is 124 Å². The van der Waals surface area contributed by atoms with E-state index in [0.717, 1.165) is 16.7 Å². The number of nitrogens with one attached hydrogen (secondary N) is 3.